The highest BCUT2D eigenvalue weighted by molar-refractivity contribution is 7.89. The van der Waals surface area contributed by atoms with Crippen molar-refractivity contribution in [3.63, 3.8) is 0 Å². The van der Waals surface area contributed by atoms with Gasteiger partial charge in [-0.05, 0) is 36.4 Å². The number of pyridine rings is 1. The number of aromatic nitrogens is 1. The number of anilines is 1. The molecular formula is C21H21N3O4S. The van der Waals surface area contributed by atoms with Crippen LogP contribution in [0.2, 0.25) is 0 Å². The maximum Gasteiger partial charge on any atom is 0.255 e. The highest BCUT2D eigenvalue weighted by Crippen LogP contribution is 2.20. The number of nitrogens with zero attached hydrogens (tertiary/aromatic N) is 2. The lowest BCUT2D eigenvalue weighted by molar-refractivity contribution is 0.102. The van der Waals surface area contributed by atoms with Crippen LogP contribution in [0.3, 0.4) is 0 Å². The Morgan fingerprint density at radius 3 is 2.59 bits per heavy atom. The molecule has 0 radical (unpaired) electrons. The smallest absolute Gasteiger partial charge is 0.255 e. The molecule has 0 aliphatic rings. The van der Waals surface area contributed by atoms with Crippen LogP contribution in [-0.4, -0.2) is 37.7 Å². The Labute approximate surface area is 170 Å². The molecule has 150 valence electrons. The fraction of sp³-hybridized carbons (Fsp3) is 0.143. The first-order chi connectivity index (χ1) is 13.9. The third-order valence-corrected chi connectivity index (χ3v) is 5.91. The lowest BCUT2D eigenvalue weighted by Crippen LogP contribution is -2.22. The summed E-state index contributed by atoms with van der Waals surface area (Å²) in [6.07, 6.45) is 3.42. The van der Waals surface area contributed by atoms with Gasteiger partial charge in [-0.15, -0.1) is 0 Å². The van der Waals surface area contributed by atoms with Gasteiger partial charge >= 0.3 is 0 Å². The van der Waals surface area contributed by atoms with Crippen molar-refractivity contribution in [2.24, 2.45) is 0 Å². The first kappa shape index (κ1) is 20.5. The van der Waals surface area contributed by atoms with E-state index in [0.29, 0.717) is 18.0 Å². The number of amides is 1. The second-order valence-electron chi connectivity index (χ2n) is 6.45. The number of nitrogens with one attached hydrogen (secondary N) is 1. The molecule has 1 amide bonds. The standard InChI is InChI=1S/C21H21N3O4S/c1-24(2)29(26,27)20-10-3-7-17(12-20)21(25)23-18-8-4-9-19(13-18)28-15-16-6-5-11-22-14-16/h3-14H,15H2,1-2H3,(H,23,25). The molecule has 1 aromatic heterocycles. The summed E-state index contributed by atoms with van der Waals surface area (Å²) >= 11 is 0. The summed E-state index contributed by atoms with van der Waals surface area (Å²) in [6.45, 7) is 0.357. The van der Waals surface area contributed by atoms with E-state index in [1.807, 2.05) is 12.1 Å². The van der Waals surface area contributed by atoms with Crippen LogP contribution in [0.5, 0.6) is 5.75 Å². The largest absolute Gasteiger partial charge is 0.489 e. The molecule has 0 bridgehead atoms. The summed E-state index contributed by atoms with van der Waals surface area (Å²) < 4.78 is 31.4. The summed E-state index contributed by atoms with van der Waals surface area (Å²) in [6, 6.07) is 16.6. The van der Waals surface area contributed by atoms with Gasteiger partial charge in [0.15, 0.2) is 0 Å². The first-order valence-electron chi connectivity index (χ1n) is 8.82. The third-order valence-electron chi connectivity index (χ3n) is 4.09. The second kappa shape index (κ2) is 8.85. The quantitative estimate of drug-likeness (QED) is 0.645. The molecule has 0 aliphatic heterocycles. The van der Waals surface area contributed by atoms with Crippen LogP contribution in [0.4, 0.5) is 5.69 Å². The fourth-order valence-corrected chi connectivity index (χ4v) is 3.47. The van der Waals surface area contributed by atoms with E-state index in [4.69, 9.17) is 4.74 Å². The molecular weight excluding hydrogens is 390 g/mol. The number of carbonyl (C=O) groups excluding carboxylic acids is 1. The Bertz CT molecular complexity index is 1100. The van der Waals surface area contributed by atoms with Crippen LogP contribution in [0.15, 0.2) is 78.0 Å². The van der Waals surface area contributed by atoms with E-state index in [1.54, 1.807) is 48.8 Å². The molecule has 0 unspecified atom stereocenters. The van der Waals surface area contributed by atoms with E-state index < -0.39 is 15.9 Å². The van der Waals surface area contributed by atoms with Gasteiger partial charge in [0.05, 0.1) is 4.90 Å². The molecule has 0 saturated carbocycles. The fourth-order valence-electron chi connectivity index (χ4n) is 2.53. The summed E-state index contributed by atoms with van der Waals surface area (Å²) in [5.74, 6) is 0.181. The highest BCUT2D eigenvalue weighted by atomic mass is 32.2. The molecule has 2 aromatic carbocycles. The van der Waals surface area contributed by atoms with Gasteiger partial charge in [-0.1, -0.05) is 18.2 Å². The van der Waals surface area contributed by atoms with Crippen molar-refractivity contribution in [2.45, 2.75) is 11.5 Å². The Balaban J connectivity index is 1.71. The van der Waals surface area contributed by atoms with Gasteiger partial charge in [0.2, 0.25) is 10.0 Å². The zero-order chi connectivity index (χ0) is 20.9. The molecule has 0 fully saturated rings. The number of rotatable bonds is 7. The number of ether oxygens (including phenoxy) is 1. The maximum absolute atomic E-state index is 12.6. The Morgan fingerprint density at radius 1 is 1.07 bits per heavy atom. The van der Waals surface area contributed by atoms with Gasteiger partial charge in [0.1, 0.15) is 12.4 Å². The highest BCUT2D eigenvalue weighted by Gasteiger charge is 2.18. The molecule has 29 heavy (non-hydrogen) atoms. The van der Waals surface area contributed by atoms with Gasteiger partial charge in [0, 0.05) is 49.4 Å². The zero-order valence-electron chi connectivity index (χ0n) is 16.1. The predicted molar refractivity (Wildman–Crippen MR) is 110 cm³/mol. The summed E-state index contributed by atoms with van der Waals surface area (Å²) in [5.41, 5.74) is 1.72. The molecule has 7 nitrogen and oxygen atoms in total. The Kier molecular flexibility index (Phi) is 6.26. The maximum atomic E-state index is 12.6. The van der Waals surface area contributed by atoms with Crippen LogP contribution in [0.25, 0.3) is 0 Å². The monoisotopic (exact) mass is 411 g/mol. The van der Waals surface area contributed by atoms with Crippen molar-refractivity contribution >= 4 is 21.6 Å². The molecule has 0 saturated heterocycles. The summed E-state index contributed by atoms with van der Waals surface area (Å²) in [4.78, 5) is 16.7. The van der Waals surface area contributed by atoms with Gasteiger partial charge in [0.25, 0.3) is 5.91 Å². The van der Waals surface area contributed by atoms with E-state index in [2.05, 4.69) is 10.3 Å². The molecule has 0 aliphatic carbocycles. The second-order valence-corrected chi connectivity index (χ2v) is 8.60. The average Bonchev–Trinajstić information content (AvgIpc) is 2.73. The van der Waals surface area contributed by atoms with Crippen molar-refractivity contribution in [1.82, 2.24) is 9.29 Å². The van der Waals surface area contributed by atoms with Crippen LogP contribution in [0, 0.1) is 0 Å². The van der Waals surface area contributed by atoms with Crippen molar-refractivity contribution in [2.75, 3.05) is 19.4 Å². The predicted octanol–water partition coefficient (Wildman–Crippen LogP) is 3.16. The van der Waals surface area contributed by atoms with Crippen LogP contribution < -0.4 is 10.1 Å². The SMILES string of the molecule is CN(C)S(=O)(=O)c1cccc(C(=O)Nc2cccc(OCc3cccnc3)c2)c1. The number of sulfonamides is 1. The molecule has 1 N–H and O–H groups in total. The third kappa shape index (κ3) is 5.18. The van der Waals surface area contributed by atoms with Gasteiger partial charge in [-0.2, -0.15) is 0 Å². The topological polar surface area (TPSA) is 88.6 Å². The van der Waals surface area contributed by atoms with Crippen LogP contribution >= 0.6 is 0 Å². The molecule has 8 heteroatoms. The Hall–Kier alpha value is -3.23. The molecule has 3 aromatic rings. The van der Waals surface area contributed by atoms with E-state index in [1.165, 1.54) is 26.2 Å². The average molecular weight is 411 g/mol. The molecule has 3 rings (SSSR count). The minimum Gasteiger partial charge on any atom is -0.489 e. The van der Waals surface area contributed by atoms with E-state index in [0.717, 1.165) is 9.87 Å². The van der Waals surface area contributed by atoms with Gasteiger partial charge in [-0.3, -0.25) is 9.78 Å². The van der Waals surface area contributed by atoms with Crippen molar-refractivity contribution in [3.05, 3.63) is 84.2 Å². The van der Waals surface area contributed by atoms with Crippen molar-refractivity contribution in [3.8, 4) is 5.75 Å². The lowest BCUT2D eigenvalue weighted by Gasteiger charge is -2.12. The number of benzene rings is 2. The van der Waals surface area contributed by atoms with Crippen LogP contribution in [-0.2, 0) is 16.6 Å². The van der Waals surface area contributed by atoms with Gasteiger partial charge in [-0.25, -0.2) is 12.7 Å². The zero-order valence-corrected chi connectivity index (χ0v) is 16.9. The minimum absolute atomic E-state index is 0.0590. The van der Waals surface area contributed by atoms with E-state index >= 15 is 0 Å². The normalized spacial score (nSPS) is 11.3. The van der Waals surface area contributed by atoms with E-state index in [-0.39, 0.29) is 10.5 Å². The van der Waals surface area contributed by atoms with Crippen molar-refractivity contribution in [1.29, 1.82) is 0 Å². The first-order valence-corrected chi connectivity index (χ1v) is 10.3. The summed E-state index contributed by atoms with van der Waals surface area (Å²) in [5, 5.41) is 2.76. The van der Waals surface area contributed by atoms with Gasteiger partial charge < -0.3 is 10.1 Å². The molecule has 0 atom stereocenters. The van der Waals surface area contributed by atoms with Crippen LogP contribution in [0.1, 0.15) is 15.9 Å². The molecule has 1 heterocycles. The van der Waals surface area contributed by atoms with E-state index in [9.17, 15) is 13.2 Å². The number of hydrogen-bond acceptors (Lipinski definition) is 5. The minimum atomic E-state index is -3.62. The number of hydrogen-bond donors (Lipinski definition) is 1. The molecule has 0 spiro atoms. The van der Waals surface area contributed by atoms with Crippen molar-refractivity contribution < 1.29 is 17.9 Å². The Morgan fingerprint density at radius 2 is 1.86 bits per heavy atom. The lowest BCUT2D eigenvalue weighted by atomic mass is 10.2. The summed E-state index contributed by atoms with van der Waals surface area (Å²) in [7, 11) is -0.731. The number of carbonyl (C=O) groups is 1.